The second-order valence-electron chi connectivity index (χ2n) is 4.10. The van der Waals surface area contributed by atoms with Crippen LogP contribution in [-0.2, 0) is 6.42 Å². The summed E-state index contributed by atoms with van der Waals surface area (Å²) < 4.78 is 0. The fraction of sp³-hybridized carbons (Fsp3) is 0.125. The highest BCUT2D eigenvalue weighted by atomic mass is 16.1. The highest BCUT2D eigenvalue weighted by molar-refractivity contribution is 5.96. The van der Waals surface area contributed by atoms with Gasteiger partial charge in [0.2, 0.25) is 0 Å². The molecule has 0 fully saturated rings. The fourth-order valence-electron chi connectivity index (χ4n) is 1.78. The number of benzene rings is 2. The van der Waals surface area contributed by atoms with Crippen LogP contribution in [0.4, 0.5) is 0 Å². The molecule has 0 atom stereocenters. The highest BCUT2D eigenvalue weighted by Gasteiger charge is 2.05. The number of hydrogen-bond donors (Lipinski definition) is 0. The Morgan fingerprint density at radius 2 is 1.67 bits per heavy atom. The number of nitrogens with zero attached hydrogens (tertiary/aromatic N) is 1. The maximum absolute atomic E-state index is 11.9. The van der Waals surface area contributed by atoms with E-state index in [-0.39, 0.29) is 5.78 Å². The van der Waals surface area contributed by atoms with E-state index in [0.717, 1.165) is 6.42 Å². The second kappa shape index (κ2) is 5.79. The van der Waals surface area contributed by atoms with Crippen LogP contribution in [-0.4, -0.2) is 5.78 Å². The van der Waals surface area contributed by atoms with Gasteiger partial charge in [-0.25, -0.2) is 0 Å². The molecular weight excluding hydrogens is 222 g/mol. The van der Waals surface area contributed by atoms with E-state index in [2.05, 4.69) is 0 Å². The predicted octanol–water partition coefficient (Wildman–Crippen LogP) is 3.37. The van der Waals surface area contributed by atoms with Gasteiger partial charge in [-0.3, -0.25) is 4.79 Å². The molecule has 0 saturated carbocycles. The lowest BCUT2D eigenvalue weighted by atomic mass is 10.0. The van der Waals surface area contributed by atoms with Crippen molar-refractivity contribution < 1.29 is 4.79 Å². The third-order valence-corrected chi connectivity index (χ3v) is 2.82. The summed E-state index contributed by atoms with van der Waals surface area (Å²) in [6.07, 6.45) is 1.25. The van der Waals surface area contributed by atoms with Crippen LogP contribution in [0.2, 0.25) is 0 Å². The van der Waals surface area contributed by atoms with E-state index in [1.54, 1.807) is 24.3 Å². The largest absolute Gasteiger partial charge is 0.294 e. The van der Waals surface area contributed by atoms with Crippen molar-refractivity contribution in [2.45, 2.75) is 12.8 Å². The van der Waals surface area contributed by atoms with Gasteiger partial charge in [-0.2, -0.15) is 5.26 Å². The molecule has 0 saturated heterocycles. The molecule has 0 radical (unpaired) electrons. The molecule has 0 aliphatic carbocycles. The molecule has 0 aromatic heterocycles. The number of aryl methyl sites for hydroxylation is 1. The van der Waals surface area contributed by atoms with Gasteiger partial charge in [-0.1, -0.05) is 42.5 Å². The zero-order chi connectivity index (χ0) is 12.8. The van der Waals surface area contributed by atoms with Crippen molar-refractivity contribution in [3.8, 4) is 6.07 Å². The van der Waals surface area contributed by atoms with Gasteiger partial charge >= 0.3 is 0 Å². The monoisotopic (exact) mass is 235 g/mol. The van der Waals surface area contributed by atoms with Crippen molar-refractivity contribution in [1.29, 1.82) is 5.26 Å². The highest BCUT2D eigenvalue weighted by Crippen LogP contribution is 2.09. The summed E-state index contributed by atoms with van der Waals surface area (Å²) in [4.78, 5) is 11.9. The first-order valence-corrected chi connectivity index (χ1v) is 5.87. The Morgan fingerprint density at radius 3 is 2.28 bits per heavy atom. The Hall–Kier alpha value is -2.40. The minimum Gasteiger partial charge on any atom is -0.294 e. The molecule has 0 spiro atoms. The molecule has 0 unspecified atom stereocenters. The Balaban J connectivity index is 1.98. The van der Waals surface area contributed by atoms with E-state index in [4.69, 9.17) is 5.26 Å². The van der Waals surface area contributed by atoms with Crippen molar-refractivity contribution in [2.24, 2.45) is 0 Å². The number of nitriles is 1. The maximum Gasteiger partial charge on any atom is 0.163 e. The maximum atomic E-state index is 11.9. The predicted molar refractivity (Wildman–Crippen MR) is 70.3 cm³/mol. The first-order chi connectivity index (χ1) is 8.79. The van der Waals surface area contributed by atoms with Crippen molar-refractivity contribution in [1.82, 2.24) is 0 Å². The lowest BCUT2D eigenvalue weighted by molar-refractivity contribution is 0.0983. The van der Waals surface area contributed by atoms with E-state index >= 15 is 0 Å². The molecule has 0 N–H and O–H groups in total. The van der Waals surface area contributed by atoms with Gasteiger partial charge in [0.15, 0.2) is 5.78 Å². The molecule has 0 aliphatic rings. The van der Waals surface area contributed by atoms with Crippen LogP contribution in [0, 0.1) is 11.3 Å². The van der Waals surface area contributed by atoms with Gasteiger partial charge < -0.3 is 0 Å². The Kier molecular flexibility index (Phi) is 3.88. The summed E-state index contributed by atoms with van der Waals surface area (Å²) in [5, 5.41) is 8.68. The van der Waals surface area contributed by atoms with Crippen LogP contribution in [0.25, 0.3) is 0 Å². The number of rotatable bonds is 4. The number of ketones is 1. The van der Waals surface area contributed by atoms with Gasteiger partial charge in [0, 0.05) is 12.0 Å². The number of carbonyl (C=O) groups is 1. The Morgan fingerprint density at radius 1 is 1.00 bits per heavy atom. The average molecular weight is 235 g/mol. The van der Waals surface area contributed by atoms with Crippen LogP contribution >= 0.6 is 0 Å². The molecule has 0 amide bonds. The summed E-state index contributed by atoms with van der Waals surface area (Å²) in [5.41, 5.74) is 2.42. The molecule has 2 rings (SSSR count). The van der Waals surface area contributed by atoms with Crippen LogP contribution in [0.1, 0.15) is 27.9 Å². The van der Waals surface area contributed by atoms with Crippen LogP contribution in [0.3, 0.4) is 0 Å². The summed E-state index contributed by atoms with van der Waals surface area (Å²) in [5.74, 6) is 0.114. The average Bonchev–Trinajstić information content (AvgIpc) is 2.46. The lowest BCUT2D eigenvalue weighted by Crippen LogP contribution is -2.01. The molecule has 0 bridgehead atoms. The van der Waals surface area contributed by atoms with Crippen molar-refractivity contribution in [3.63, 3.8) is 0 Å². The fourth-order valence-corrected chi connectivity index (χ4v) is 1.78. The van der Waals surface area contributed by atoms with E-state index in [0.29, 0.717) is 17.5 Å². The smallest absolute Gasteiger partial charge is 0.163 e. The topological polar surface area (TPSA) is 40.9 Å². The normalized spacial score (nSPS) is 9.72. The summed E-state index contributed by atoms with van der Waals surface area (Å²) in [7, 11) is 0. The second-order valence-corrected chi connectivity index (χ2v) is 4.10. The van der Waals surface area contributed by atoms with E-state index in [9.17, 15) is 4.79 Å². The summed E-state index contributed by atoms with van der Waals surface area (Å²) >= 11 is 0. The Labute approximate surface area is 107 Å². The van der Waals surface area contributed by atoms with Gasteiger partial charge in [0.25, 0.3) is 0 Å². The molecule has 0 aliphatic heterocycles. The first kappa shape index (κ1) is 12.1. The van der Waals surface area contributed by atoms with E-state index in [1.807, 2.05) is 36.4 Å². The number of Topliss-reactive ketones (excluding diaryl/α,β-unsaturated/α-hetero) is 1. The quantitative estimate of drug-likeness (QED) is 0.762. The minimum absolute atomic E-state index is 0.114. The SMILES string of the molecule is N#Cc1ccc(C(=O)CCc2ccccc2)cc1. The molecule has 2 nitrogen and oxygen atoms in total. The summed E-state index contributed by atoms with van der Waals surface area (Å²) in [6, 6.07) is 18.8. The van der Waals surface area contributed by atoms with Crippen molar-refractivity contribution in [3.05, 3.63) is 71.3 Å². The van der Waals surface area contributed by atoms with Crippen molar-refractivity contribution in [2.75, 3.05) is 0 Å². The lowest BCUT2D eigenvalue weighted by Gasteiger charge is -2.01. The molecule has 18 heavy (non-hydrogen) atoms. The third kappa shape index (κ3) is 3.05. The van der Waals surface area contributed by atoms with Crippen LogP contribution in [0.15, 0.2) is 54.6 Å². The molecule has 0 heterocycles. The van der Waals surface area contributed by atoms with Crippen molar-refractivity contribution >= 4 is 5.78 Å². The molecular formula is C16H13NO. The van der Waals surface area contributed by atoms with Gasteiger partial charge in [-0.15, -0.1) is 0 Å². The number of carbonyl (C=O) groups excluding carboxylic acids is 1. The van der Waals surface area contributed by atoms with Gasteiger partial charge in [-0.05, 0) is 24.1 Å². The van der Waals surface area contributed by atoms with Gasteiger partial charge in [0.05, 0.1) is 11.6 Å². The number of hydrogen-bond acceptors (Lipinski definition) is 2. The van der Waals surface area contributed by atoms with E-state index in [1.165, 1.54) is 5.56 Å². The Bertz CT molecular complexity index is 564. The molecule has 2 aromatic rings. The molecule has 2 heteroatoms. The van der Waals surface area contributed by atoms with E-state index < -0.39 is 0 Å². The standard InChI is InChI=1S/C16H13NO/c17-12-14-6-9-15(10-7-14)16(18)11-8-13-4-2-1-3-5-13/h1-7,9-10H,8,11H2. The third-order valence-electron chi connectivity index (χ3n) is 2.82. The minimum atomic E-state index is 0.114. The van der Waals surface area contributed by atoms with Crippen LogP contribution < -0.4 is 0 Å². The van der Waals surface area contributed by atoms with Gasteiger partial charge in [0.1, 0.15) is 0 Å². The first-order valence-electron chi connectivity index (χ1n) is 5.87. The molecule has 2 aromatic carbocycles. The molecule has 88 valence electrons. The van der Waals surface area contributed by atoms with Crippen LogP contribution in [0.5, 0.6) is 0 Å². The zero-order valence-corrected chi connectivity index (χ0v) is 9.97. The summed E-state index contributed by atoms with van der Waals surface area (Å²) in [6.45, 7) is 0. The zero-order valence-electron chi connectivity index (χ0n) is 9.97.